The summed E-state index contributed by atoms with van der Waals surface area (Å²) in [6.45, 7) is -0.259. The lowest BCUT2D eigenvalue weighted by atomic mass is 9.98. The van der Waals surface area contributed by atoms with Crippen LogP contribution in [0.4, 0.5) is 0 Å². The highest BCUT2D eigenvalue weighted by Gasteiger charge is 2.45. The van der Waals surface area contributed by atoms with Crippen LogP contribution in [0, 0.1) is 0 Å². The Kier molecular flexibility index (Phi) is 4.47. The molecular weight excluding hydrogens is 282 g/mol. The molecule has 3 rings (SSSR count). The molecule has 1 aromatic rings. The van der Waals surface area contributed by atoms with Gasteiger partial charge in [0.1, 0.15) is 12.0 Å². The van der Waals surface area contributed by atoms with Gasteiger partial charge in [-0.3, -0.25) is 9.69 Å². The Labute approximate surface area is 130 Å². The second kappa shape index (κ2) is 6.36. The monoisotopic (exact) mass is 305 g/mol. The number of ether oxygens (including phenoxy) is 1. The van der Waals surface area contributed by atoms with E-state index in [2.05, 4.69) is 4.90 Å². The van der Waals surface area contributed by atoms with Crippen molar-refractivity contribution in [3.05, 3.63) is 35.9 Å². The van der Waals surface area contributed by atoms with Gasteiger partial charge in [0.15, 0.2) is 0 Å². The molecule has 2 bridgehead atoms. The number of carbonyl (C=O) groups is 1. The molecule has 0 amide bonds. The molecule has 5 heteroatoms. The molecule has 0 aromatic heterocycles. The van der Waals surface area contributed by atoms with Gasteiger partial charge in [-0.25, -0.2) is 0 Å². The molecule has 2 heterocycles. The summed E-state index contributed by atoms with van der Waals surface area (Å²) in [6, 6.07) is 9.56. The summed E-state index contributed by atoms with van der Waals surface area (Å²) in [6.07, 6.45) is 1.66. The highest BCUT2D eigenvalue weighted by Crippen LogP contribution is 2.36. The first-order valence-corrected chi connectivity index (χ1v) is 7.86. The lowest BCUT2D eigenvalue weighted by molar-refractivity contribution is -0.155. The van der Waals surface area contributed by atoms with Gasteiger partial charge in [-0.05, 0) is 19.0 Å². The van der Waals surface area contributed by atoms with Gasteiger partial charge in [-0.2, -0.15) is 0 Å². The highest BCUT2D eigenvalue weighted by atomic mass is 16.5. The number of nitrogens with zero attached hydrogens (tertiary/aromatic N) is 1. The molecule has 2 aliphatic heterocycles. The van der Waals surface area contributed by atoms with E-state index in [9.17, 15) is 15.0 Å². The first-order valence-electron chi connectivity index (χ1n) is 7.86. The van der Waals surface area contributed by atoms with Crippen molar-refractivity contribution in [2.45, 2.75) is 49.5 Å². The molecule has 2 saturated heterocycles. The maximum absolute atomic E-state index is 12.4. The molecule has 2 fully saturated rings. The van der Waals surface area contributed by atoms with Crippen molar-refractivity contribution in [3.8, 4) is 0 Å². The summed E-state index contributed by atoms with van der Waals surface area (Å²) in [5.74, 6) is -1.01. The van der Waals surface area contributed by atoms with Crippen molar-refractivity contribution < 1.29 is 19.7 Å². The third-order valence-electron chi connectivity index (χ3n) is 5.05. The molecule has 2 unspecified atom stereocenters. The molecule has 0 saturated carbocycles. The molecule has 0 spiro atoms. The van der Waals surface area contributed by atoms with E-state index in [-0.39, 0.29) is 36.9 Å². The standard InChI is InChI=1S/C17H23NO4/c1-18-12-7-13(9-15(18)16(20)8-12)22-17(21)14(10-19)11-5-3-2-4-6-11/h2-6,12-16,19-20H,7-10H2,1H3/t12-,13+,14?,15+,16?/m1/s1. The average molecular weight is 305 g/mol. The summed E-state index contributed by atoms with van der Waals surface area (Å²) < 4.78 is 5.64. The zero-order valence-corrected chi connectivity index (χ0v) is 12.8. The zero-order chi connectivity index (χ0) is 15.7. The topological polar surface area (TPSA) is 70.0 Å². The van der Waals surface area contributed by atoms with E-state index in [1.165, 1.54) is 0 Å². The van der Waals surface area contributed by atoms with E-state index in [4.69, 9.17) is 4.74 Å². The third-order valence-corrected chi connectivity index (χ3v) is 5.05. The van der Waals surface area contributed by atoms with Crippen LogP contribution in [0.25, 0.3) is 0 Å². The largest absolute Gasteiger partial charge is 0.462 e. The number of piperidine rings is 1. The third kappa shape index (κ3) is 2.89. The number of esters is 1. The Bertz CT molecular complexity index is 521. The second-order valence-electron chi connectivity index (χ2n) is 6.37. The number of aliphatic hydroxyl groups excluding tert-OH is 2. The number of aliphatic hydroxyl groups is 2. The molecule has 1 aromatic carbocycles. The quantitative estimate of drug-likeness (QED) is 0.809. The minimum atomic E-state index is -0.636. The van der Waals surface area contributed by atoms with Gasteiger partial charge in [0, 0.05) is 24.9 Å². The van der Waals surface area contributed by atoms with Crippen LogP contribution in [-0.2, 0) is 9.53 Å². The van der Waals surface area contributed by atoms with Crippen LogP contribution in [0.1, 0.15) is 30.7 Å². The number of fused-ring (bicyclic) bond motifs is 2. The van der Waals surface area contributed by atoms with Crippen LogP contribution in [0.3, 0.4) is 0 Å². The lowest BCUT2D eigenvalue weighted by Crippen LogP contribution is -2.45. The lowest BCUT2D eigenvalue weighted by Gasteiger charge is -2.36. The minimum absolute atomic E-state index is 0.0702. The fourth-order valence-corrected chi connectivity index (χ4v) is 3.74. The van der Waals surface area contributed by atoms with Gasteiger partial charge in [0.25, 0.3) is 0 Å². The summed E-state index contributed by atoms with van der Waals surface area (Å²) in [7, 11) is 2.02. The highest BCUT2D eigenvalue weighted by molar-refractivity contribution is 5.78. The van der Waals surface area contributed by atoms with Crippen LogP contribution in [0.2, 0.25) is 0 Å². The average Bonchev–Trinajstić information content (AvgIpc) is 2.68. The maximum Gasteiger partial charge on any atom is 0.316 e. The van der Waals surface area contributed by atoms with E-state index < -0.39 is 5.92 Å². The number of rotatable bonds is 4. The normalized spacial score (nSPS) is 32.7. The molecule has 0 aliphatic carbocycles. The first-order chi connectivity index (χ1) is 10.6. The minimum Gasteiger partial charge on any atom is -0.462 e. The van der Waals surface area contributed by atoms with Crippen molar-refractivity contribution in [3.63, 3.8) is 0 Å². The molecule has 120 valence electrons. The molecular formula is C17H23NO4. The molecule has 2 N–H and O–H groups in total. The van der Waals surface area contributed by atoms with E-state index in [1.54, 1.807) is 0 Å². The Morgan fingerprint density at radius 2 is 2.05 bits per heavy atom. The van der Waals surface area contributed by atoms with Crippen molar-refractivity contribution in [1.82, 2.24) is 4.90 Å². The number of likely N-dealkylation sites (N-methyl/N-ethyl adjacent to an activating group) is 1. The van der Waals surface area contributed by atoms with Gasteiger partial charge in [-0.15, -0.1) is 0 Å². The molecule has 5 atom stereocenters. The van der Waals surface area contributed by atoms with E-state index >= 15 is 0 Å². The first kappa shape index (κ1) is 15.5. The van der Waals surface area contributed by atoms with Crippen LogP contribution in [0.5, 0.6) is 0 Å². The van der Waals surface area contributed by atoms with E-state index in [0.717, 1.165) is 18.4 Å². The van der Waals surface area contributed by atoms with Crippen molar-refractivity contribution in [2.24, 2.45) is 0 Å². The van der Waals surface area contributed by atoms with Crippen LogP contribution >= 0.6 is 0 Å². The Balaban J connectivity index is 1.65. The van der Waals surface area contributed by atoms with Gasteiger partial charge in [-0.1, -0.05) is 30.3 Å². The van der Waals surface area contributed by atoms with Crippen LogP contribution < -0.4 is 0 Å². The Morgan fingerprint density at radius 3 is 2.68 bits per heavy atom. The van der Waals surface area contributed by atoms with E-state index in [0.29, 0.717) is 6.42 Å². The fraction of sp³-hybridized carbons (Fsp3) is 0.588. The molecule has 5 nitrogen and oxygen atoms in total. The van der Waals surface area contributed by atoms with Gasteiger partial charge >= 0.3 is 5.97 Å². The number of benzene rings is 1. The summed E-state index contributed by atoms with van der Waals surface area (Å²) in [5, 5.41) is 19.6. The van der Waals surface area contributed by atoms with Gasteiger partial charge in [0.05, 0.1) is 12.7 Å². The number of carbonyl (C=O) groups excluding carboxylic acids is 1. The summed E-state index contributed by atoms with van der Waals surface area (Å²) in [4.78, 5) is 14.6. The molecule has 0 radical (unpaired) electrons. The van der Waals surface area contributed by atoms with Crippen molar-refractivity contribution >= 4 is 5.97 Å². The predicted octanol–water partition coefficient (Wildman–Crippen LogP) is 0.902. The number of hydrogen-bond donors (Lipinski definition) is 2. The Hall–Kier alpha value is -1.43. The van der Waals surface area contributed by atoms with Gasteiger partial charge in [0.2, 0.25) is 0 Å². The van der Waals surface area contributed by atoms with Crippen molar-refractivity contribution in [2.75, 3.05) is 13.7 Å². The zero-order valence-electron chi connectivity index (χ0n) is 12.8. The molecule has 22 heavy (non-hydrogen) atoms. The second-order valence-corrected chi connectivity index (χ2v) is 6.37. The van der Waals surface area contributed by atoms with Gasteiger partial charge < -0.3 is 14.9 Å². The van der Waals surface area contributed by atoms with E-state index in [1.807, 2.05) is 37.4 Å². The summed E-state index contributed by atoms with van der Waals surface area (Å²) in [5.41, 5.74) is 0.769. The SMILES string of the molecule is CN1[C@H]2CC(O)[C@@H]1C[C@@H](OC(=O)C(CO)c1ccccc1)C2. The smallest absolute Gasteiger partial charge is 0.316 e. The maximum atomic E-state index is 12.4. The van der Waals surface area contributed by atoms with Crippen molar-refractivity contribution in [1.29, 1.82) is 0 Å². The number of hydrogen-bond acceptors (Lipinski definition) is 5. The van der Waals surface area contributed by atoms with Crippen LogP contribution in [-0.4, -0.2) is 59.0 Å². The Morgan fingerprint density at radius 1 is 1.32 bits per heavy atom. The molecule has 2 aliphatic rings. The van der Waals surface area contributed by atoms with Crippen LogP contribution in [0.15, 0.2) is 30.3 Å². The summed E-state index contributed by atoms with van der Waals surface area (Å²) >= 11 is 0. The fourth-order valence-electron chi connectivity index (χ4n) is 3.74. The predicted molar refractivity (Wildman–Crippen MR) is 81.3 cm³/mol.